The number of pyridine rings is 2. The highest BCUT2D eigenvalue weighted by atomic mass is 32.1. The molecule has 0 aliphatic carbocycles. The highest BCUT2D eigenvalue weighted by Gasteiger charge is 2.11. The van der Waals surface area contributed by atoms with Crippen LogP contribution in [0.5, 0.6) is 0 Å². The average Bonchev–Trinajstić information content (AvgIpc) is 2.93. The van der Waals surface area contributed by atoms with Crippen LogP contribution in [0, 0.1) is 4.51 Å². The molecule has 0 aromatic carbocycles. The van der Waals surface area contributed by atoms with Gasteiger partial charge in [0.05, 0.1) is 10.1 Å². The Morgan fingerprint density at radius 2 is 2.10 bits per heavy atom. The van der Waals surface area contributed by atoms with E-state index in [-0.39, 0.29) is 0 Å². The van der Waals surface area contributed by atoms with Gasteiger partial charge in [-0.15, -0.1) is 11.3 Å². The number of rotatable bonds is 3. The van der Waals surface area contributed by atoms with Gasteiger partial charge in [0.2, 0.25) is 0 Å². The molecular weight excluding hydrogens is 290 g/mol. The van der Waals surface area contributed by atoms with Crippen molar-refractivity contribution in [2.45, 2.75) is 6.54 Å². The number of fused-ring (bicyclic) bond motifs is 1. The molecule has 0 bridgehead atoms. The van der Waals surface area contributed by atoms with Gasteiger partial charge in [-0.1, -0.05) is 12.2 Å². The highest BCUT2D eigenvalue weighted by molar-refractivity contribution is 7.71. The van der Waals surface area contributed by atoms with Gasteiger partial charge in [0.25, 0.3) is 5.91 Å². The number of nitrogens with zero attached hydrogens (tertiary/aromatic N) is 2. The Balaban J connectivity index is 2.20. The van der Waals surface area contributed by atoms with Gasteiger partial charge in [-0.2, -0.15) is 0 Å². The Morgan fingerprint density at radius 3 is 2.80 bits per heavy atom. The fourth-order valence-electron chi connectivity index (χ4n) is 2.09. The van der Waals surface area contributed by atoms with E-state index in [1.165, 1.54) is 0 Å². The minimum Gasteiger partial charge on any atom is -0.366 e. The standard InChI is InChI=1S/C14H11N3OS2/c15-13(18)11-8-17(7-9-1-4-16-5-2-9)14-10(12(11)19)3-6-20-14/h1-6,8H,7H2,(H2,15,18). The maximum Gasteiger partial charge on any atom is 0.251 e. The lowest BCUT2D eigenvalue weighted by atomic mass is 10.2. The summed E-state index contributed by atoms with van der Waals surface area (Å²) in [5.74, 6) is -0.494. The van der Waals surface area contributed by atoms with Crippen LogP contribution in [0.25, 0.3) is 10.2 Å². The predicted molar refractivity (Wildman–Crippen MR) is 82.5 cm³/mol. The zero-order valence-electron chi connectivity index (χ0n) is 10.4. The summed E-state index contributed by atoms with van der Waals surface area (Å²) in [6.07, 6.45) is 5.24. The molecule has 0 spiro atoms. The van der Waals surface area contributed by atoms with E-state index in [9.17, 15) is 4.79 Å². The van der Waals surface area contributed by atoms with E-state index in [2.05, 4.69) is 4.98 Å². The molecule has 0 fully saturated rings. The summed E-state index contributed by atoms with van der Waals surface area (Å²) in [6.45, 7) is 0.648. The average molecular weight is 301 g/mol. The molecule has 0 aliphatic rings. The zero-order valence-corrected chi connectivity index (χ0v) is 12.1. The second-order valence-electron chi connectivity index (χ2n) is 4.36. The van der Waals surface area contributed by atoms with Crippen molar-refractivity contribution in [3.63, 3.8) is 0 Å². The topological polar surface area (TPSA) is 60.9 Å². The van der Waals surface area contributed by atoms with E-state index >= 15 is 0 Å². The van der Waals surface area contributed by atoms with Gasteiger partial charge >= 0.3 is 0 Å². The van der Waals surface area contributed by atoms with E-state index in [1.54, 1.807) is 29.9 Å². The molecule has 3 heterocycles. The lowest BCUT2D eigenvalue weighted by Gasteiger charge is -2.10. The van der Waals surface area contributed by atoms with Gasteiger partial charge in [-0.3, -0.25) is 9.78 Å². The first kappa shape index (κ1) is 13.0. The molecule has 0 saturated heterocycles. The molecule has 0 saturated carbocycles. The number of aromatic nitrogens is 2. The third-order valence-electron chi connectivity index (χ3n) is 3.05. The number of amides is 1. The van der Waals surface area contributed by atoms with Crippen LogP contribution in [-0.2, 0) is 6.54 Å². The van der Waals surface area contributed by atoms with Crippen molar-refractivity contribution in [1.82, 2.24) is 9.55 Å². The van der Waals surface area contributed by atoms with Crippen LogP contribution in [0.2, 0.25) is 0 Å². The molecule has 4 nitrogen and oxygen atoms in total. The number of carbonyl (C=O) groups is 1. The Hall–Kier alpha value is -2.05. The minimum absolute atomic E-state index is 0.389. The molecule has 0 radical (unpaired) electrons. The van der Waals surface area contributed by atoms with Gasteiger partial charge in [0.15, 0.2) is 0 Å². The molecule has 100 valence electrons. The number of thiophene rings is 1. The maximum absolute atomic E-state index is 11.5. The van der Waals surface area contributed by atoms with Crippen molar-refractivity contribution < 1.29 is 4.79 Å². The summed E-state index contributed by atoms with van der Waals surface area (Å²) in [4.78, 5) is 16.6. The van der Waals surface area contributed by atoms with Crippen LogP contribution in [-0.4, -0.2) is 15.5 Å². The summed E-state index contributed by atoms with van der Waals surface area (Å²) in [5, 5.41) is 2.87. The number of primary amides is 1. The predicted octanol–water partition coefficient (Wildman–Crippen LogP) is 2.97. The molecule has 20 heavy (non-hydrogen) atoms. The minimum atomic E-state index is -0.494. The van der Waals surface area contributed by atoms with Crippen molar-refractivity contribution in [3.05, 3.63) is 57.8 Å². The van der Waals surface area contributed by atoms with E-state index in [0.717, 1.165) is 15.8 Å². The van der Waals surface area contributed by atoms with Gasteiger partial charge in [-0.05, 0) is 29.1 Å². The Bertz CT molecular complexity index is 836. The van der Waals surface area contributed by atoms with Gasteiger partial charge in [0, 0.05) is 30.5 Å². The lowest BCUT2D eigenvalue weighted by molar-refractivity contribution is 0.0999. The van der Waals surface area contributed by atoms with Crippen molar-refractivity contribution in [3.8, 4) is 0 Å². The molecule has 2 N–H and O–H groups in total. The van der Waals surface area contributed by atoms with Crippen molar-refractivity contribution in [1.29, 1.82) is 0 Å². The molecule has 3 rings (SSSR count). The normalized spacial score (nSPS) is 10.8. The number of hydrogen-bond acceptors (Lipinski definition) is 4. The SMILES string of the molecule is NC(=O)c1cn(Cc2ccncc2)c2sccc2c1=S. The fourth-order valence-corrected chi connectivity index (χ4v) is 3.36. The van der Waals surface area contributed by atoms with E-state index in [0.29, 0.717) is 16.6 Å². The van der Waals surface area contributed by atoms with Gasteiger partial charge < -0.3 is 10.3 Å². The van der Waals surface area contributed by atoms with E-state index in [4.69, 9.17) is 18.0 Å². The molecule has 1 amide bonds. The van der Waals surface area contributed by atoms with Gasteiger partial charge in [0.1, 0.15) is 4.83 Å². The highest BCUT2D eigenvalue weighted by Crippen LogP contribution is 2.25. The summed E-state index contributed by atoms with van der Waals surface area (Å²) in [7, 11) is 0. The second kappa shape index (κ2) is 5.15. The number of nitrogens with two attached hydrogens (primary N) is 1. The lowest BCUT2D eigenvalue weighted by Crippen LogP contribution is -2.14. The van der Waals surface area contributed by atoms with Crippen LogP contribution in [0.4, 0.5) is 0 Å². The summed E-state index contributed by atoms with van der Waals surface area (Å²) in [5.41, 5.74) is 6.90. The first-order chi connectivity index (χ1) is 9.66. The Kier molecular flexibility index (Phi) is 3.33. The van der Waals surface area contributed by atoms with Crippen LogP contribution < -0.4 is 5.73 Å². The largest absolute Gasteiger partial charge is 0.366 e. The van der Waals surface area contributed by atoms with Crippen molar-refractivity contribution in [2.75, 3.05) is 0 Å². The molecule has 0 atom stereocenters. The fraction of sp³-hybridized carbons (Fsp3) is 0.0714. The van der Waals surface area contributed by atoms with Crippen molar-refractivity contribution >= 4 is 39.7 Å². The first-order valence-corrected chi connectivity index (χ1v) is 7.25. The van der Waals surface area contributed by atoms with Crippen LogP contribution in [0.1, 0.15) is 15.9 Å². The second-order valence-corrected chi connectivity index (χ2v) is 5.66. The molecule has 0 unspecified atom stereocenters. The summed E-state index contributed by atoms with van der Waals surface area (Å²) < 4.78 is 2.53. The quantitative estimate of drug-likeness (QED) is 0.757. The monoisotopic (exact) mass is 301 g/mol. The smallest absolute Gasteiger partial charge is 0.251 e. The molecule has 0 aliphatic heterocycles. The molecular formula is C14H11N3OS2. The van der Waals surface area contributed by atoms with E-state index < -0.39 is 5.91 Å². The summed E-state index contributed by atoms with van der Waals surface area (Å²) in [6, 6.07) is 5.81. The third-order valence-corrected chi connectivity index (χ3v) is 4.44. The zero-order chi connectivity index (χ0) is 14.1. The number of hydrogen-bond donors (Lipinski definition) is 1. The van der Waals surface area contributed by atoms with Crippen LogP contribution in [0.15, 0.2) is 42.2 Å². The van der Waals surface area contributed by atoms with Crippen LogP contribution >= 0.6 is 23.6 Å². The number of carbonyl (C=O) groups excluding carboxylic acids is 1. The molecule has 3 aromatic heterocycles. The maximum atomic E-state index is 11.5. The first-order valence-electron chi connectivity index (χ1n) is 5.96. The third kappa shape index (κ3) is 2.23. The Labute approximate surface area is 124 Å². The van der Waals surface area contributed by atoms with E-state index in [1.807, 2.05) is 28.1 Å². The van der Waals surface area contributed by atoms with Gasteiger partial charge in [-0.25, -0.2) is 0 Å². The van der Waals surface area contributed by atoms with Crippen LogP contribution in [0.3, 0.4) is 0 Å². The molecule has 6 heteroatoms. The Morgan fingerprint density at radius 1 is 1.35 bits per heavy atom. The summed E-state index contributed by atoms with van der Waals surface area (Å²) >= 11 is 6.93. The molecule has 3 aromatic rings. The van der Waals surface area contributed by atoms with Crippen molar-refractivity contribution in [2.24, 2.45) is 5.73 Å².